The maximum atomic E-state index is 5.69. The van der Waals surface area contributed by atoms with Crippen molar-refractivity contribution in [2.45, 2.75) is 0 Å². The van der Waals surface area contributed by atoms with E-state index in [0.717, 1.165) is 16.9 Å². The first-order valence-electron chi connectivity index (χ1n) is 6.41. The molecule has 0 saturated heterocycles. The summed E-state index contributed by atoms with van der Waals surface area (Å²) in [5.41, 5.74) is 8.45. The topological polar surface area (TPSA) is 56.2 Å². The van der Waals surface area contributed by atoms with E-state index in [0.29, 0.717) is 5.82 Å². The third-order valence-electron chi connectivity index (χ3n) is 3.39. The Bertz CT molecular complexity index is 924. The number of hydrogen-bond acceptors (Lipinski definition) is 3. The zero-order valence-electron chi connectivity index (χ0n) is 10.7. The number of nitrogen functional groups attached to an aromatic ring is 1. The Hall–Kier alpha value is -2.88. The second kappa shape index (κ2) is 4.06. The molecule has 0 radical (unpaired) electrons. The second-order valence-electron chi connectivity index (χ2n) is 4.75. The van der Waals surface area contributed by atoms with Crippen LogP contribution in [0, 0.1) is 0 Å². The van der Waals surface area contributed by atoms with Gasteiger partial charge in [0.2, 0.25) is 0 Å². The molecule has 20 heavy (non-hydrogen) atoms. The lowest BCUT2D eigenvalue weighted by atomic mass is 10.1. The van der Waals surface area contributed by atoms with Crippen LogP contribution in [0.1, 0.15) is 0 Å². The smallest absolute Gasteiger partial charge is 0.154 e. The standard InChI is InChI=1S/C16H12N4/c17-15-7-8-16-18-14(10-20(16)19-15)13-6-5-11-3-1-2-4-12(11)9-13/h1-10H,(H2,17,19). The monoisotopic (exact) mass is 260 g/mol. The Balaban J connectivity index is 1.91. The van der Waals surface area contributed by atoms with E-state index in [2.05, 4.69) is 40.4 Å². The van der Waals surface area contributed by atoms with Crippen molar-refractivity contribution in [1.82, 2.24) is 14.6 Å². The Kier molecular flexibility index (Phi) is 2.23. The summed E-state index contributed by atoms with van der Waals surface area (Å²) in [5, 5.41) is 6.64. The molecule has 96 valence electrons. The van der Waals surface area contributed by atoms with Gasteiger partial charge in [0.1, 0.15) is 5.82 Å². The van der Waals surface area contributed by atoms with E-state index in [1.807, 2.05) is 24.4 Å². The van der Waals surface area contributed by atoms with Gasteiger partial charge in [0, 0.05) is 5.56 Å². The van der Waals surface area contributed by atoms with Gasteiger partial charge in [0.25, 0.3) is 0 Å². The van der Waals surface area contributed by atoms with Crippen molar-refractivity contribution in [3.63, 3.8) is 0 Å². The first-order chi connectivity index (χ1) is 9.79. The van der Waals surface area contributed by atoms with Crippen LogP contribution >= 0.6 is 0 Å². The van der Waals surface area contributed by atoms with Crippen LogP contribution in [0.3, 0.4) is 0 Å². The molecule has 0 unspecified atom stereocenters. The minimum absolute atomic E-state index is 0.486. The molecule has 2 aromatic carbocycles. The molecule has 0 spiro atoms. The Morgan fingerprint density at radius 1 is 0.900 bits per heavy atom. The van der Waals surface area contributed by atoms with Gasteiger partial charge in [-0.3, -0.25) is 0 Å². The van der Waals surface area contributed by atoms with Crippen molar-refractivity contribution >= 4 is 22.2 Å². The molecule has 0 aliphatic rings. The van der Waals surface area contributed by atoms with Gasteiger partial charge in [0.05, 0.1) is 11.9 Å². The van der Waals surface area contributed by atoms with Crippen LogP contribution in [0.25, 0.3) is 27.7 Å². The molecular weight excluding hydrogens is 248 g/mol. The molecule has 4 aromatic rings. The lowest BCUT2D eigenvalue weighted by molar-refractivity contribution is 0.946. The van der Waals surface area contributed by atoms with Gasteiger partial charge < -0.3 is 5.73 Å². The average molecular weight is 260 g/mol. The van der Waals surface area contributed by atoms with Crippen LogP contribution in [0.5, 0.6) is 0 Å². The Morgan fingerprint density at radius 2 is 1.75 bits per heavy atom. The first-order valence-corrected chi connectivity index (χ1v) is 6.41. The minimum atomic E-state index is 0.486. The fourth-order valence-electron chi connectivity index (χ4n) is 2.38. The van der Waals surface area contributed by atoms with Crippen molar-refractivity contribution in [2.24, 2.45) is 0 Å². The summed E-state index contributed by atoms with van der Waals surface area (Å²) < 4.78 is 1.71. The number of aromatic nitrogens is 3. The number of nitrogens with zero attached hydrogens (tertiary/aromatic N) is 3. The van der Waals surface area contributed by atoms with E-state index in [1.165, 1.54) is 10.8 Å². The molecule has 4 rings (SSSR count). The average Bonchev–Trinajstić information content (AvgIpc) is 2.89. The van der Waals surface area contributed by atoms with E-state index in [1.54, 1.807) is 10.6 Å². The molecular formula is C16H12N4. The summed E-state index contributed by atoms with van der Waals surface area (Å²) in [6.07, 6.45) is 1.90. The summed E-state index contributed by atoms with van der Waals surface area (Å²) >= 11 is 0. The van der Waals surface area contributed by atoms with Crippen LogP contribution in [0.4, 0.5) is 5.82 Å². The molecule has 4 heteroatoms. The summed E-state index contributed by atoms with van der Waals surface area (Å²) in [4.78, 5) is 4.58. The number of rotatable bonds is 1. The summed E-state index contributed by atoms with van der Waals surface area (Å²) in [7, 11) is 0. The van der Waals surface area contributed by atoms with Crippen molar-refractivity contribution in [2.75, 3.05) is 5.73 Å². The zero-order valence-corrected chi connectivity index (χ0v) is 10.7. The van der Waals surface area contributed by atoms with Crippen LogP contribution in [0.15, 0.2) is 60.8 Å². The minimum Gasteiger partial charge on any atom is -0.382 e. The van der Waals surface area contributed by atoms with E-state index >= 15 is 0 Å². The van der Waals surface area contributed by atoms with Gasteiger partial charge in [0.15, 0.2) is 5.65 Å². The highest BCUT2D eigenvalue weighted by molar-refractivity contribution is 5.86. The van der Waals surface area contributed by atoms with Crippen molar-refractivity contribution in [3.05, 3.63) is 60.8 Å². The van der Waals surface area contributed by atoms with Crippen molar-refractivity contribution in [3.8, 4) is 11.3 Å². The van der Waals surface area contributed by atoms with Crippen LogP contribution in [-0.4, -0.2) is 14.6 Å². The summed E-state index contributed by atoms with van der Waals surface area (Å²) in [5.74, 6) is 0.486. The Labute approximate surface area is 115 Å². The molecule has 2 heterocycles. The first kappa shape index (κ1) is 11.0. The highest BCUT2D eigenvalue weighted by Crippen LogP contribution is 2.24. The van der Waals surface area contributed by atoms with Gasteiger partial charge in [-0.15, -0.1) is 5.10 Å². The number of imidazole rings is 1. The molecule has 0 fully saturated rings. The van der Waals surface area contributed by atoms with Crippen LogP contribution in [-0.2, 0) is 0 Å². The third-order valence-corrected chi connectivity index (χ3v) is 3.39. The molecule has 0 amide bonds. The van der Waals surface area contributed by atoms with Crippen LogP contribution in [0.2, 0.25) is 0 Å². The zero-order chi connectivity index (χ0) is 13.5. The second-order valence-corrected chi connectivity index (χ2v) is 4.75. The molecule has 0 atom stereocenters. The van der Waals surface area contributed by atoms with Crippen molar-refractivity contribution in [1.29, 1.82) is 0 Å². The van der Waals surface area contributed by atoms with Gasteiger partial charge >= 0.3 is 0 Å². The molecule has 4 nitrogen and oxygen atoms in total. The van der Waals surface area contributed by atoms with E-state index in [-0.39, 0.29) is 0 Å². The van der Waals surface area contributed by atoms with Crippen molar-refractivity contribution < 1.29 is 0 Å². The highest BCUT2D eigenvalue weighted by Gasteiger charge is 2.06. The predicted octanol–water partition coefficient (Wildman–Crippen LogP) is 3.13. The maximum Gasteiger partial charge on any atom is 0.154 e. The molecule has 2 aromatic heterocycles. The molecule has 0 saturated carbocycles. The summed E-state index contributed by atoms with van der Waals surface area (Å²) in [6.45, 7) is 0. The predicted molar refractivity (Wildman–Crippen MR) is 80.3 cm³/mol. The largest absolute Gasteiger partial charge is 0.382 e. The Morgan fingerprint density at radius 3 is 2.65 bits per heavy atom. The number of nitrogens with two attached hydrogens (primary N) is 1. The van der Waals surface area contributed by atoms with E-state index in [4.69, 9.17) is 5.73 Å². The SMILES string of the molecule is Nc1ccc2nc(-c3ccc4ccccc4c3)cn2n1. The van der Waals surface area contributed by atoms with Gasteiger partial charge in [-0.25, -0.2) is 9.50 Å². The van der Waals surface area contributed by atoms with Gasteiger partial charge in [-0.1, -0.05) is 36.4 Å². The summed E-state index contributed by atoms with van der Waals surface area (Å²) in [6, 6.07) is 18.2. The molecule has 0 aliphatic carbocycles. The fraction of sp³-hybridized carbons (Fsp3) is 0. The highest BCUT2D eigenvalue weighted by atomic mass is 15.3. The quantitative estimate of drug-likeness (QED) is 0.572. The lowest BCUT2D eigenvalue weighted by Crippen LogP contribution is -1.95. The molecule has 0 aliphatic heterocycles. The maximum absolute atomic E-state index is 5.69. The molecule has 0 bridgehead atoms. The lowest BCUT2D eigenvalue weighted by Gasteiger charge is -2.00. The van der Waals surface area contributed by atoms with Gasteiger partial charge in [-0.2, -0.15) is 0 Å². The number of fused-ring (bicyclic) bond motifs is 2. The number of benzene rings is 2. The third kappa shape index (κ3) is 1.70. The normalized spacial score (nSPS) is 11.2. The van der Waals surface area contributed by atoms with Crippen LogP contribution < -0.4 is 5.73 Å². The van der Waals surface area contributed by atoms with Gasteiger partial charge in [-0.05, 0) is 29.0 Å². The number of hydrogen-bond donors (Lipinski definition) is 1. The number of anilines is 1. The van der Waals surface area contributed by atoms with E-state index in [9.17, 15) is 0 Å². The fourth-order valence-corrected chi connectivity index (χ4v) is 2.38. The molecule has 2 N–H and O–H groups in total. The van der Waals surface area contributed by atoms with E-state index < -0.39 is 0 Å².